The first kappa shape index (κ1) is 11.5. The van der Waals surface area contributed by atoms with E-state index in [0.717, 1.165) is 0 Å². The minimum Gasteiger partial charge on any atom is -0.246 e. The average Bonchev–Trinajstić information content (AvgIpc) is 1.98. The fraction of sp³-hybridized carbons (Fsp3) is 0.667. The van der Waals surface area contributed by atoms with Gasteiger partial charge in [0.05, 0.1) is 0 Å². The van der Waals surface area contributed by atoms with Gasteiger partial charge in [0, 0.05) is 0 Å². The van der Waals surface area contributed by atoms with Crippen molar-refractivity contribution >= 4 is 35.1 Å². The van der Waals surface area contributed by atoms with Gasteiger partial charge in [-0.25, -0.2) is 19.4 Å². The molecule has 0 heterocycles. The Morgan fingerprint density at radius 1 is 1.00 bits per heavy atom. The predicted octanol–water partition coefficient (Wildman–Crippen LogP) is 1.24. The summed E-state index contributed by atoms with van der Waals surface area (Å²) in [5.41, 5.74) is 0. The van der Waals surface area contributed by atoms with Crippen LogP contribution in [0, 0.1) is 0 Å². The van der Waals surface area contributed by atoms with Gasteiger partial charge in [-0.1, -0.05) is 0 Å². The first-order chi connectivity index (χ1) is 5.45. The molecule has 0 fully saturated rings. The molecule has 0 rings (SSSR count). The molecule has 0 amide bonds. The molecule has 0 aromatic heterocycles. The molecular weight excluding hydrogens is 207 g/mol. The summed E-state index contributed by atoms with van der Waals surface area (Å²) >= 11 is 10.6. The second-order valence-electron chi connectivity index (χ2n) is 2.04. The molecule has 0 aliphatic carbocycles. The van der Waals surface area contributed by atoms with Gasteiger partial charge in [0.25, 0.3) is 0 Å². The molecule has 0 radical (unpaired) electrons. The van der Waals surface area contributed by atoms with E-state index < -0.39 is 22.7 Å². The fourth-order valence-electron chi connectivity index (χ4n) is 0.215. The molecule has 0 aliphatic rings. The van der Waals surface area contributed by atoms with Crippen LogP contribution < -0.4 is 0 Å². The van der Waals surface area contributed by atoms with Crippen LogP contribution in [0.25, 0.3) is 0 Å². The van der Waals surface area contributed by atoms with Crippen LogP contribution in [0.2, 0.25) is 0 Å². The van der Waals surface area contributed by atoms with Crippen molar-refractivity contribution in [3.63, 3.8) is 0 Å². The summed E-state index contributed by atoms with van der Waals surface area (Å²) in [5, 5.41) is -1.72. The Morgan fingerprint density at radius 2 is 1.25 bits per heavy atom. The maximum atomic E-state index is 10.6. The normalized spacial score (nSPS) is 14.7. The number of carbonyl (C=O) groups is 2. The molecule has 12 heavy (non-hydrogen) atoms. The van der Waals surface area contributed by atoms with Crippen LogP contribution in [-0.2, 0) is 19.4 Å². The number of halogens is 2. The van der Waals surface area contributed by atoms with Crippen molar-refractivity contribution in [2.75, 3.05) is 0 Å². The van der Waals surface area contributed by atoms with Crippen LogP contribution >= 0.6 is 23.2 Å². The summed E-state index contributed by atoms with van der Waals surface area (Å²) in [6, 6.07) is 0. The van der Waals surface area contributed by atoms with Crippen LogP contribution in [0.3, 0.4) is 0 Å². The third-order valence-electron chi connectivity index (χ3n) is 0.856. The number of hydrogen-bond acceptors (Lipinski definition) is 4. The molecule has 6 heteroatoms. The van der Waals surface area contributed by atoms with E-state index in [2.05, 4.69) is 9.78 Å². The molecule has 0 saturated carbocycles. The zero-order valence-corrected chi connectivity index (χ0v) is 8.06. The molecule has 70 valence electrons. The van der Waals surface area contributed by atoms with E-state index in [9.17, 15) is 9.59 Å². The lowest BCUT2D eigenvalue weighted by Gasteiger charge is -2.04. The highest BCUT2D eigenvalue weighted by Gasteiger charge is 2.17. The predicted molar refractivity (Wildman–Crippen MR) is 42.8 cm³/mol. The van der Waals surface area contributed by atoms with Crippen molar-refractivity contribution in [1.82, 2.24) is 0 Å². The van der Waals surface area contributed by atoms with Gasteiger partial charge in [-0.2, -0.15) is 0 Å². The smallest absolute Gasteiger partial charge is 0.246 e. The summed E-state index contributed by atoms with van der Waals surface area (Å²) in [7, 11) is 0. The third-order valence-corrected chi connectivity index (χ3v) is 1.21. The Kier molecular flexibility index (Phi) is 5.01. The van der Waals surface area contributed by atoms with Crippen molar-refractivity contribution in [3.8, 4) is 0 Å². The minimum absolute atomic E-state index is 0.831. The second kappa shape index (κ2) is 5.22. The van der Waals surface area contributed by atoms with Crippen LogP contribution in [-0.4, -0.2) is 22.7 Å². The van der Waals surface area contributed by atoms with Gasteiger partial charge in [-0.15, -0.1) is 23.2 Å². The quantitative estimate of drug-likeness (QED) is 0.395. The summed E-state index contributed by atoms with van der Waals surface area (Å²) in [4.78, 5) is 29.2. The fourth-order valence-corrected chi connectivity index (χ4v) is 0.287. The minimum atomic E-state index is -0.858. The molecule has 2 unspecified atom stereocenters. The highest BCUT2D eigenvalue weighted by molar-refractivity contribution is 6.30. The maximum absolute atomic E-state index is 10.6. The van der Waals surface area contributed by atoms with Crippen molar-refractivity contribution in [3.05, 3.63) is 0 Å². The highest BCUT2D eigenvalue weighted by Crippen LogP contribution is 2.01. The van der Waals surface area contributed by atoms with E-state index in [1.807, 2.05) is 0 Å². The monoisotopic (exact) mass is 214 g/mol. The van der Waals surface area contributed by atoms with Crippen molar-refractivity contribution in [2.45, 2.75) is 24.6 Å². The van der Waals surface area contributed by atoms with Gasteiger partial charge in [-0.3, -0.25) is 0 Å². The third kappa shape index (κ3) is 4.41. The summed E-state index contributed by atoms with van der Waals surface area (Å²) in [6.07, 6.45) is 0. The van der Waals surface area contributed by atoms with Crippen molar-refractivity contribution < 1.29 is 19.4 Å². The average molecular weight is 215 g/mol. The Morgan fingerprint density at radius 3 is 1.42 bits per heavy atom. The van der Waals surface area contributed by atoms with E-state index in [0.29, 0.717) is 0 Å². The Balaban J connectivity index is 3.69. The van der Waals surface area contributed by atoms with Gasteiger partial charge in [0.15, 0.2) is 0 Å². The molecule has 0 spiro atoms. The molecule has 0 aromatic rings. The molecule has 0 aliphatic heterocycles. The highest BCUT2D eigenvalue weighted by atomic mass is 35.5. The molecular formula is C6H8Cl2O4. The van der Waals surface area contributed by atoms with Crippen LogP contribution in [0.5, 0.6) is 0 Å². The molecule has 0 bridgehead atoms. The number of rotatable bonds is 2. The number of carbonyl (C=O) groups excluding carboxylic acids is 2. The van der Waals surface area contributed by atoms with Gasteiger partial charge in [0.2, 0.25) is 0 Å². The van der Waals surface area contributed by atoms with E-state index in [-0.39, 0.29) is 0 Å². The lowest BCUT2D eigenvalue weighted by molar-refractivity contribution is -0.257. The van der Waals surface area contributed by atoms with Crippen molar-refractivity contribution in [2.24, 2.45) is 0 Å². The summed E-state index contributed by atoms with van der Waals surface area (Å²) in [6.45, 7) is 2.78. The SMILES string of the molecule is CC(Cl)C(=O)OOC(=O)C(C)Cl. The Labute approximate surface area is 79.6 Å². The lowest BCUT2D eigenvalue weighted by atomic mass is 10.5. The van der Waals surface area contributed by atoms with Crippen LogP contribution in [0.4, 0.5) is 0 Å². The molecule has 0 N–H and O–H groups in total. The standard InChI is InChI=1S/C6H8Cl2O4/c1-3(7)5(9)11-12-6(10)4(2)8/h3-4H,1-2H3. The summed E-state index contributed by atoms with van der Waals surface area (Å²) < 4.78 is 0. The Bertz CT molecular complexity index is 158. The van der Waals surface area contributed by atoms with Gasteiger partial charge < -0.3 is 0 Å². The van der Waals surface area contributed by atoms with Crippen molar-refractivity contribution in [1.29, 1.82) is 0 Å². The maximum Gasteiger partial charge on any atom is 0.372 e. The Hall–Kier alpha value is -0.480. The summed E-state index contributed by atoms with van der Waals surface area (Å²) in [5.74, 6) is -1.66. The first-order valence-electron chi connectivity index (χ1n) is 3.15. The first-order valence-corrected chi connectivity index (χ1v) is 4.02. The van der Waals surface area contributed by atoms with E-state index in [1.54, 1.807) is 0 Å². The van der Waals surface area contributed by atoms with Crippen LogP contribution in [0.1, 0.15) is 13.8 Å². The zero-order valence-electron chi connectivity index (χ0n) is 6.54. The molecule has 4 nitrogen and oxygen atoms in total. The van der Waals surface area contributed by atoms with Crippen LogP contribution in [0.15, 0.2) is 0 Å². The van der Waals surface area contributed by atoms with Gasteiger partial charge >= 0.3 is 11.9 Å². The molecule has 2 atom stereocenters. The van der Waals surface area contributed by atoms with E-state index in [4.69, 9.17) is 23.2 Å². The largest absolute Gasteiger partial charge is 0.372 e. The lowest BCUT2D eigenvalue weighted by Crippen LogP contribution is -2.21. The molecule has 0 aromatic carbocycles. The molecule has 0 saturated heterocycles. The number of hydrogen-bond donors (Lipinski definition) is 0. The second-order valence-corrected chi connectivity index (χ2v) is 3.35. The number of alkyl halides is 2. The van der Waals surface area contributed by atoms with Gasteiger partial charge in [0.1, 0.15) is 10.8 Å². The van der Waals surface area contributed by atoms with E-state index in [1.165, 1.54) is 13.8 Å². The van der Waals surface area contributed by atoms with Gasteiger partial charge in [-0.05, 0) is 13.8 Å². The van der Waals surface area contributed by atoms with E-state index >= 15 is 0 Å². The zero-order chi connectivity index (χ0) is 9.72. The topological polar surface area (TPSA) is 52.6 Å².